The van der Waals surface area contributed by atoms with Crippen LogP contribution in [0.25, 0.3) is 10.9 Å². The zero-order valence-corrected chi connectivity index (χ0v) is 13.4. The zero-order valence-electron chi connectivity index (χ0n) is 13.4. The average Bonchev–Trinajstić information content (AvgIpc) is 2.48. The Morgan fingerprint density at radius 3 is 2.81 bits per heavy atom. The highest BCUT2D eigenvalue weighted by atomic mass is 16.5. The number of hydrogen-bond donors (Lipinski definition) is 1. The number of ether oxygens (including phenoxy) is 1. The van der Waals surface area contributed by atoms with Crippen LogP contribution < -0.4 is 5.32 Å². The van der Waals surface area contributed by atoms with Gasteiger partial charge in [0.15, 0.2) is 0 Å². The first-order valence-corrected chi connectivity index (χ1v) is 7.94. The molecule has 0 spiro atoms. The lowest BCUT2D eigenvalue weighted by molar-refractivity contribution is 0.0896. The lowest BCUT2D eigenvalue weighted by atomic mass is 10.1. The molecular weight excluding hydrogens is 260 g/mol. The van der Waals surface area contributed by atoms with Crippen molar-refractivity contribution in [3.05, 3.63) is 35.9 Å². The van der Waals surface area contributed by atoms with Gasteiger partial charge in [-0.2, -0.15) is 0 Å². The maximum Gasteiger partial charge on any atom is 0.132 e. The highest BCUT2D eigenvalue weighted by Crippen LogP contribution is 2.21. The molecule has 0 saturated heterocycles. The predicted molar refractivity (Wildman–Crippen MR) is 89.6 cm³/mol. The first-order valence-electron chi connectivity index (χ1n) is 7.94. The van der Waals surface area contributed by atoms with Crippen LogP contribution in [0.3, 0.4) is 0 Å². The van der Waals surface area contributed by atoms with Gasteiger partial charge < -0.3 is 10.1 Å². The second-order valence-corrected chi connectivity index (χ2v) is 5.63. The molecule has 3 heteroatoms. The summed E-state index contributed by atoms with van der Waals surface area (Å²) in [7, 11) is 0. The summed E-state index contributed by atoms with van der Waals surface area (Å²) >= 11 is 0. The molecule has 0 aliphatic heterocycles. The molecular formula is C18H26N2O. The van der Waals surface area contributed by atoms with E-state index in [0.717, 1.165) is 30.0 Å². The van der Waals surface area contributed by atoms with Crippen molar-refractivity contribution in [2.45, 2.75) is 40.2 Å². The monoisotopic (exact) mass is 286 g/mol. The van der Waals surface area contributed by atoms with Crippen molar-refractivity contribution in [3.8, 4) is 0 Å². The van der Waals surface area contributed by atoms with E-state index in [0.29, 0.717) is 12.5 Å². The highest BCUT2D eigenvalue weighted by Gasteiger charge is 2.08. The van der Waals surface area contributed by atoms with Gasteiger partial charge in [0, 0.05) is 24.1 Å². The molecule has 0 bridgehead atoms. The first-order chi connectivity index (χ1) is 10.2. The third-order valence-corrected chi connectivity index (χ3v) is 3.59. The number of anilines is 1. The molecule has 1 atom stereocenters. The van der Waals surface area contributed by atoms with Crippen molar-refractivity contribution < 1.29 is 4.74 Å². The van der Waals surface area contributed by atoms with Crippen molar-refractivity contribution in [1.82, 2.24) is 4.98 Å². The Hall–Kier alpha value is -1.61. The van der Waals surface area contributed by atoms with Crippen LogP contribution in [0.2, 0.25) is 0 Å². The highest BCUT2D eigenvalue weighted by molar-refractivity contribution is 5.81. The van der Waals surface area contributed by atoms with Gasteiger partial charge in [-0.3, -0.25) is 0 Å². The van der Waals surface area contributed by atoms with Gasteiger partial charge in [-0.05, 0) is 31.4 Å². The zero-order chi connectivity index (χ0) is 15.1. The largest absolute Gasteiger partial charge is 0.376 e. The number of para-hydroxylation sites is 1. The van der Waals surface area contributed by atoms with Crippen LogP contribution in [0, 0.1) is 5.92 Å². The van der Waals surface area contributed by atoms with E-state index < -0.39 is 0 Å². The average molecular weight is 286 g/mol. The van der Waals surface area contributed by atoms with Crippen molar-refractivity contribution in [2.24, 2.45) is 5.92 Å². The quantitative estimate of drug-likeness (QED) is 0.769. The number of rotatable bonds is 8. The molecule has 1 aromatic heterocycles. The number of benzene rings is 1. The lowest BCUT2D eigenvalue weighted by Crippen LogP contribution is -2.09. The Morgan fingerprint density at radius 2 is 2.05 bits per heavy atom. The van der Waals surface area contributed by atoms with Crippen LogP contribution in [0.4, 0.5) is 5.82 Å². The standard InChI is InChI=1S/C18H26N2O/c1-4-8-14(3)12-21-13-16-11-15-9-6-7-10-17(15)20-18(16)19-5-2/h6-7,9-11,14H,4-5,8,12-13H2,1-3H3,(H,19,20). The second-order valence-electron chi connectivity index (χ2n) is 5.63. The van der Waals surface area contributed by atoms with Crippen LogP contribution in [0.5, 0.6) is 0 Å². The van der Waals surface area contributed by atoms with Gasteiger partial charge in [0.05, 0.1) is 12.1 Å². The van der Waals surface area contributed by atoms with E-state index in [1.807, 2.05) is 18.2 Å². The summed E-state index contributed by atoms with van der Waals surface area (Å²) in [6.07, 6.45) is 2.43. The van der Waals surface area contributed by atoms with E-state index in [-0.39, 0.29) is 0 Å². The van der Waals surface area contributed by atoms with Gasteiger partial charge in [0.1, 0.15) is 5.82 Å². The number of fused-ring (bicyclic) bond motifs is 1. The minimum absolute atomic E-state index is 0.617. The molecule has 0 aliphatic carbocycles. The van der Waals surface area contributed by atoms with Gasteiger partial charge >= 0.3 is 0 Å². The topological polar surface area (TPSA) is 34.1 Å². The van der Waals surface area contributed by atoms with Crippen LogP contribution in [-0.2, 0) is 11.3 Å². The third kappa shape index (κ3) is 4.43. The summed E-state index contributed by atoms with van der Waals surface area (Å²) in [5, 5.41) is 4.51. The normalized spacial score (nSPS) is 12.5. The van der Waals surface area contributed by atoms with Crippen molar-refractivity contribution in [1.29, 1.82) is 0 Å². The van der Waals surface area contributed by atoms with Crippen molar-refractivity contribution in [3.63, 3.8) is 0 Å². The minimum atomic E-state index is 0.617. The predicted octanol–water partition coefficient (Wildman–Crippen LogP) is 4.62. The number of pyridine rings is 1. The molecule has 1 heterocycles. The SMILES string of the molecule is CCCC(C)COCc1cc2ccccc2nc1NCC. The maximum absolute atomic E-state index is 5.89. The lowest BCUT2D eigenvalue weighted by Gasteiger charge is -2.14. The summed E-state index contributed by atoms with van der Waals surface area (Å²) in [5.41, 5.74) is 2.16. The fourth-order valence-corrected chi connectivity index (χ4v) is 2.54. The Balaban J connectivity index is 2.11. The summed E-state index contributed by atoms with van der Waals surface area (Å²) in [4.78, 5) is 4.71. The molecule has 0 fully saturated rings. The molecule has 21 heavy (non-hydrogen) atoms. The summed E-state index contributed by atoms with van der Waals surface area (Å²) in [6, 6.07) is 10.4. The van der Waals surface area contributed by atoms with E-state index >= 15 is 0 Å². The summed E-state index contributed by atoms with van der Waals surface area (Å²) in [6.45, 7) is 8.84. The Morgan fingerprint density at radius 1 is 1.24 bits per heavy atom. The van der Waals surface area contributed by atoms with Crippen LogP contribution in [0.15, 0.2) is 30.3 Å². The van der Waals surface area contributed by atoms with Gasteiger partial charge in [0.2, 0.25) is 0 Å². The summed E-state index contributed by atoms with van der Waals surface area (Å²) < 4.78 is 5.89. The molecule has 0 amide bonds. The molecule has 3 nitrogen and oxygen atoms in total. The molecule has 2 aromatic rings. The van der Waals surface area contributed by atoms with E-state index in [9.17, 15) is 0 Å². The van der Waals surface area contributed by atoms with Gasteiger partial charge in [-0.1, -0.05) is 38.5 Å². The molecule has 1 unspecified atom stereocenters. The van der Waals surface area contributed by atoms with Crippen LogP contribution in [0.1, 0.15) is 39.2 Å². The Kier molecular flexibility index (Phi) is 6.00. The number of nitrogens with one attached hydrogen (secondary N) is 1. The number of hydrogen-bond acceptors (Lipinski definition) is 3. The van der Waals surface area contributed by atoms with Crippen molar-refractivity contribution >= 4 is 16.7 Å². The Bertz CT molecular complexity index is 568. The van der Waals surface area contributed by atoms with E-state index in [1.54, 1.807) is 0 Å². The molecule has 1 aromatic carbocycles. The first kappa shape index (κ1) is 15.8. The number of nitrogens with zero attached hydrogens (tertiary/aromatic N) is 1. The maximum atomic E-state index is 5.89. The van der Waals surface area contributed by atoms with Crippen LogP contribution in [-0.4, -0.2) is 18.1 Å². The van der Waals surface area contributed by atoms with Crippen molar-refractivity contribution in [2.75, 3.05) is 18.5 Å². The van der Waals surface area contributed by atoms with Gasteiger partial charge in [-0.25, -0.2) is 4.98 Å². The third-order valence-electron chi connectivity index (χ3n) is 3.59. The number of aromatic nitrogens is 1. The Labute approximate surface area is 127 Å². The summed E-state index contributed by atoms with van der Waals surface area (Å²) in [5.74, 6) is 1.56. The van der Waals surface area contributed by atoms with E-state index in [4.69, 9.17) is 9.72 Å². The minimum Gasteiger partial charge on any atom is -0.376 e. The second kappa shape index (κ2) is 7.99. The van der Waals surface area contributed by atoms with Crippen LogP contribution >= 0.6 is 0 Å². The fourth-order valence-electron chi connectivity index (χ4n) is 2.54. The molecule has 114 valence electrons. The van der Waals surface area contributed by atoms with Gasteiger partial charge in [0.25, 0.3) is 0 Å². The molecule has 0 saturated carbocycles. The fraction of sp³-hybridized carbons (Fsp3) is 0.500. The molecule has 1 N–H and O–H groups in total. The molecule has 0 aliphatic rings. The van der Waals surface area contributed by atoms with E-state index in [2.05, 4.69) is 38.2 Å². The molecule has 2 rings (SSSR count). The molecule has 0 radical (unpaired) electrons. The van der Waals surface area contributed by atoms with Gasteiger partial charge in [-0.15, -0.1) is 0 Å². The van der Waals surface area contributed by atoms with E-state index in [1.165, 1.54) is 18.2 Å². The smallest absolute Gasteiger partial charge is 0.132 e.